The van der Waals surface area contributed by atoms with Crippen LogP contribution in [0.25, 0.3) is 43.8 Å². The fourth-order valence-electron chi connectivity index (χ4n) is 7.42. The molecule has 0 unspecified atom stereocenters. The van der Waals surface area contributed by atoms with Gasteiger partial charge in [-0.3, -0.25) is 0 Å². The van der Waals surface area contributed by atoms with Gasteiger partial charge in [-0.2, -0.15) is 6.07 Å². The number of hydrogen-bond donors (Lipinski definition) is 0. The summed E-state index contributed by atoms with van der Waals surface area (Å²) in [4.78, 5) is 0. The average molecular weight is 825 g/mol. The van der Waals surface area contributed by atoms with Gasteiger partial charge in [-0.15, -0.1) is 68.6 Å². The maximum absolute atomic E-state index is 2.42. The van der Waals surface area contributed by atoms with Crippen molar-refractivity contribution in [2.75, 3.05) is 0 Å². The third kappa shape index (κ3) is 11.2. The monoisotopic (exact) mass is 822 g/mol. The second-order valence-corrected chi connectivity index (χ2v) is 25.5. The van der Waals surface area contributed by atoms with E-state index in [2.05, 4.69) is 171 Å². The Morgan fingerprint density at radius 3 is 1.87 bits per heavy atom. The first kappa shape index (κ1) is 44.2. The summed E-state index contributed by atoms with van der Waals surface area (Å²) in [6.07, 6.45) is 6.52. The molecular formula is C48H58Cl2SiZr-2. The molecule has 0 N–H and O–H groups in total. The standard InChI is InChI=1S/C25H29.C21H23.C2H6Si.2ClH.Zr/c1-17(2)19-12-14-20(15-13-19)24-16-22-6-4-5-7-23(22)25(24)21-10-8-18(3)9-11-21;1-5-15-13-17-7-6-8-19(20(17)14-15)16-9-11-18(12-10-16)21(2,3)4;1-3-2;;;/h4-7,12-18,21H,8-11H2,1-3H3;6-14H,5H2,1-4H3;1-2H3;2*1H;/q2*-1;;;;+2/p-2. The van der Waals surface area contributed by atoms with E-state index in [-0.39, 0.29) is 35.7 Å². The topological polar surface area (TPSA) is 0 Å². The number of halogens is 2. The molecule has 0 atom stereocenters. The van der Waals surface area contributed by atoms with Gasteiger partial charge in [-0.1, -0.05) is 158 Å². The first-order chi connectivity index (χ1) is 23.8. The van der Waals surface area contributed by atoms with Gasteiger partial charge in [0.1, 0.15) is 0 Å². The van der Waals surface area contributed by atoms with Crippen molar-refractivity contribution in [2.24, 2.45) is 5.92 Å². The Morgan fingerprint density at radius 1 is 0.731 bits per heavy atom. The number of benzene rings is 4. The van der Waals surface area contributed by atoms with Crippen LogP contribution in [-0.4, -0.2) is 5.43 Å². The summed E-state index contributed by atoms with van der Waals surface area (Å²) in [5.41, 5.74) is 11.8. The molecule has 1 saturated carbocycles. The first-order valence-electron chi connectivity index (χ1n) is 18.9. The zero-order chi connectivity index (χ0) is 36.0. The van der Waals surface area contributed by atoms with Gasteiger partial charge in [0, 0.05) is 0 Å². The van der Waals surface area contributed by atoms with Crippen molar-refractivity contribution < 1.29 is 48.1 Å². The van der Waals surface area contributed by atoms with Crippen molar-refractivity contribution in [1.82, 2.24) is 0 Å². The molecule has 1 fully saturated rings. The Bertz CT molecular complexity index is 1990. The van der Waals surface area contributed by atoms with Crippen molar-refractivity contribution in [3.8, 4) is 22.3 Å². The van der Waals surface area contributed by atoms with E-state index in [9.17, 15) is 0 Å². The van der Waals surface area contributed by atoms with E-state index < -0.39 is 0 Å². The molecule has 52 heavy (non-hydrogen) atoms. The Kier molecular flexibility index (Phi) is 16.9. The van der Waals surface area contributed by atoms with Crippen molar-refractivity contribution >= 4 is 27.0 Å². The molecule has 7 rings (SSSR count). The first-order valence-corrected chi connectivity index (χ1v) is 25.1. The molecule has 6 aromatic carbocycles. The van der Waals surface area contributed by atoms with Crippen LogP contribution in [0.3, 0.4) is 0 Å². The van der Waals surface area contributed by atoms with Gasteiger partial charge in [0.2, 0.25) is 0 Å². The van der Waals surface area contributed by atoms with Crippen molar-refractivity contribution in [2.45, 2.75) is 111 Å². The van der Waals surface area contributed by atoms with Gasteiger partial charge >= 0.3 is 41.9 Å². The predicted molar refractivity (Wildman–Crippen MR) is 220 cm³/mol. The van der Waals surface area contributed by atoms with Crippen LogP contribution in [0.1, 0.15) is 108 Å². The third-order valence-corrected chi connectivity index (χ3v) is 10.4. The summed E-state index contributed by atoms with van der Waals surface area (Å²) < 4.78 is 0. The minimum Gasteiger partial charge on any atom is -1.00 e. The van der Waals surface area contributed by atoms with Crippen LogP contribution in [0, 0.1) is 5.92 Å². The summed E-state index contributed by atoms with van der Waals surface area (Å²) in [6, 6.07) is 41.0. The number of rotatable bonds is 5. The van der Waals surface area contributed by atoms with Crippen molar-refractivity contribution in [1.29, 1.82) is 0 Å². The molecule has 1 aliphatic rings. The van der Waals surface area contributed by atoms with E-state index in [4.69, 9.17) is 0 Å². The van der Waals surface area contributed by atoms with Gasteiger partial charge < -0.3 is 24.8 Å². The second-order valence-electron chi connectivity index (χ2n) is 16.1. The van der Waals surface area contributed by atoms with Crippen LogP contribution >= 0.6 is 0 Å². The van der Waals surface area contributed by atoms with Gasteiger partial charge in [0.05, 0.1) is 0 Å². The molecule has 1 aliphatic carbocycles. The van der Waals surface area contributed by atoms with E-state index in [1.165, 1.54) is 86.2 Å². The summed E-state index contributed by atoms with van der Waals surface area (Å²) in [6.45, 7) is 20.5. The quantitative estimate of drug-likeness (QED) is 0.121. The molecule has 0 heterocycles. The zero-order valence-electron chi connectivity index (χ0n) is 32.9. The average Bonchev–Trinajstić information content (AvgIpc) is 3.70. The number of aryl methyl sites for hydroxylation is 1. The van der Waals surface area contributed by atoms with Gasteiger partial charge in [0.15, 0.2) is 0 Å². The molecule has 0 amide bonds. The molecule has 0 bridgehead atoms. The van der Waals surface area contributed by atoms with Crippen molar-refractivity contribution in [3.63, 3.8) is 0 Å². The van der Waals surface area contributed by atoms with Crippen LogP contribution in [0.5, 0.6) is 0 Å². The maximum atomic E-state index is 2.42. The van der Waals surface area contributed by atoms with Crippen molar-refractivity contribution in [3.05, 3.63) is 131 Å². The van der Waals surface area contributed by atoms with Crippen LogP contribution in [0.4, 0.5) is 0 Å². The van der Waals surface area contributed by atoms with Crippen LogP contribution in [-0.2, 0) is 35.2 Å². The molecule has 0 aliphatic heterocycles. The van der Waals surface area contributed by atoms with Gasteiger partial charge in [-0.25, -0.2) is 0 Å². The Labute approximate surface area is 343 Å². The van der Waals surface area contributed by atoms with Crippen LogP contribution in [0.15, 0.2) is 109 Å². The normalized spacial score (nSPS) is 15.5. The largest absolute Gasteiger partial charge is 1.00 e. The van der Waals surface area contributed by atoms with Gasteiger partial charge in [-0.05, 0) is 46.3 Å². The van der Waals surface area contributed by atoms with E-state index in [1.807, 2.05) is 0 Å². The molecule has 6 aromatic rings. The van der Waals surface area contributed by atoms with E-state index in [1.54, 1.807) is 28.9 Å². The summed E-state index contributed by atoms with van der Waals surface area (Å²) in [7, 11) is 0. The van der Waals surface area contributed by atoms with E-state index in [0.717, 1.165) is 18.3 Å². The summed E-state index contributed by atoms with van der Waals surface area (Å²) in [5.74, 6) is 2.20. The molecule has 0 radical (unpaired) electrons. The molecular weight excluding hydrogens is 767 g/mol. The smallest absolute Gasteiger partial charge is 1.00 e. The molecule has 0 saturated heterocycles. The van der Waals surface area contributed by atoms with E-state index in [0.29, 0.717) is 5.92 Å². The van der Waals surface area contributed by atoms with E-state index >= 15 is 0 Å². The maximum Gasteiger partial charge on any atom is -1.00 e. The van der Waals surface area contributed by atoms with Gasteiger partial charge in [0.25, 0.3) is 0 Å². The Morgan fingerprint density at radius 2 is 1.29 bits per heavy atom. The number of hydrogen-bond acceptors (Lipinski definition) is 0. The van der Waals surface area contributed by atoms with Crippen LogP contribution in [0.2, 0.25) is 13.1 Å². The minimum atomic E-state index is 0. The minimum absolute atomic E-state index is 0. The predicted octanol–water partition coefficient (Wildman–Crippen LogP) is 8.52. The summed E-state index contributed by atoms with van der Waals surface area (Å²) in [5, 5.41) is 5.60. The summed E-state index contributed by atoms with van der Waals surface area (Å²) >= 11 is 1.74. The molecule has 274 valence electrons. The Balaban J connectivity index is 0.000000249. The molecule has 0 nitrogen and oxygen atoms in total. The van der Waals surface area contributed by atoms with Crippen LogP contribution < -0.4 is 24.8 Å². The molecule has 4 heteroatoms. The second kappa shape index (κ2) is 19.9. The zero-order valence-corrected chi connectivity index (χ0v) is 37.9. The number of fused-ring (bicyclic) bond motifs is 2. The fourth-order valence-corrected chi connectivity index (χ4v) is 7.42. The molecule has 0 aromatic heterocycles. The molecule has 0 spiro atoms. The fraction of sp³-hybridized carbons (Fsp3) is 0.375. The SMILES string of the molecule is CC1CCC(c2c(-c3ccc(C(C)C)cc3)[cH-]c3ccccc23)CC1.CCc1cc2c(-c3ccc(C(C)(C)C)cc3)cccc2[cH-]1.C[Si](C)=[Zr+2].[Cl-].[Cl-]. The third-order valence-electron chi connectivity index (χ3n) is 10.4. The Hall–Kier alpha value is -2.22.